The van der Waals surface area contributed by atoms with E-state index in [-0.39, 0.29) is 0 Å². The molecule has 4 aliphatic rings. The van der Waals surface area contributed by atoms with Crippen molar-refractivity contribution >= 4 is 11.8 Å². The first-order valence-electron chi connectivity index (χ1n) is 9.93. The van der Waals surface area contributed by atoms with Crippen LogP contribution in [0, 0.1) is 22.7 Å². The summed E-state index contributed by atoms with van der Waals surface area (Å²) >= 11 is 2.34. The zero-order valence-corrected chi connectivity index (χ0v) is 16.3. The SMILES string of the molecule is CC1CCC2C3=C[C@@](C)(C4(C)C=CCCC4)CCC3SC2(C)C1. The summed E-state index contributed by atoms with van der Waals surface area (Å²) in [5.74, 6) is 1.79. The maximum atomic E-state index is 2.80. The summed E-state index contributed by atoms with van der Waals surface area (Å²) < 4.78 is 0.530. The molecule has 0 aromatic heterocycles. The van der Waals surface area contributed by atoms with Crippen molar-refractivity contribution in [3.8, 4) is 0 Å². The predicted octanol–water partition coefficient (Wildman–Crippen LogP) is 6.77. The molecule has 6 atom stereocenters. The number of allylic oxidation sites excluding steroid dienone is 3. The molecule has 3 aliphatic carbocycles. The molecule has 128 valence electrons. The largest absolute Gasteiger partial charge is 0.147 e. The third-order valence-electron chi connectivity index (χ3n) is 7.89. The Balaban J connectivity index is 1.69. The van der Waals surface area contributed by atoms with Gasteiger partial charge in [0.1, 0.15) is 0 Å². The molecule has 2 fully saturated rings. The van der Waals surface area contributed by atoms with Crippen molar-refractivity contribution in [2.75, 3.05) is 0 Å². The van der Waals surface area contributed by atoms with Crippen molar-refractivity contribution in [3.63, 3.8) is 0 Å². The number of thioether (sulfide) groups is 1. The highest BCUT2D eigenvalue weighted by molar-refractivity contribution is 8.01. The van der Waals surface area contributed by atoms with Gasteiger partial charge in [0, 0.05) is 10.00 Å². The molecule has 1 heterocycles. The van der Waals surface area contributed by atoms with Crippen LogP contribution in [0.2, 0.25) is 0 Å². The van der Waals surface area contributed by atoms with Crippen LogP contribution in [0.25, 0.3) is 0 Å². The highest BCUT2D eigenvalue weighted by atomic mass is 32.2. The van der Waals surface area contributed by atoms with Crippen LogP contribution in [0.3, 0.4) is 0 Å². The molecular weight excluding hydrogens is 296 g/mol. The fourth-order valence-electron chi connectivity index (χ4n) is 6.19. The van der Waals surface area contributed by atoms with Gasteiger partial charge in [0.2, 0.25) is 0 Å². The van der Waals surface area contributed by atoms with Crippen LogP contribution in [0.5, 0.6) is 0 Å². The zero-order chi connectivity index (χ0) is 16.3. The molecule has 0 amide bonds. The van der Waals surface area contributed by atoms with Gasteiger partial charge in [0.15, 0.2) is 0 Å². The fraction of sp³-hybridized carbons (Fsp3) is 0.818. The van der Waals surface area contributed by atoms with Crippen molar-refractivity contribution in [3.05, 3.63) is 23.8 Å². The van der Waals surface area contributed by atoms with Crippen molar-refractivity contribution in [2.45, 2.75) is 89.1 Å². The monoisotopic (exact) mass is 330 g/mol. The first kappa shape index (κ1) is 16.3. The van der Waals surface area contributed by atoms with E-state index in [1.54, 1.807) is 0 Å². The van der Waals surface area contributed by atoms with Gasteiger partial charge in [-0.2, -0.15) is 0 Å². The summed E-state index contributed by atoms with van der Waals surface area (Å²) in [6.07, 6.45) is 19.0. The van der Waals surface area contributed by atoms with Crippen LogP contribution in [-0.4, -0.2) is 10.00 Å². The van der Waals surface area contributed by atoms with Crippen molar-refractivity contribution < 1.29 is 0 Å². The number of hydrogen-bond acceptors (Lipinski definition) is 1. The molecule has 0 nitrogen and oxygen atoms in total. The summed E-state index contributed by atoms with van der Waals surface area (Å²) in [7, 11) is 0. The first-order valence-corrected chi connectivity index (χ1v) is 10.8. The number of rotatable bonds is 1. The highest BCUT2D eigenvalue weighted by Gasteiger charge is 2.54. The van der Waals surface area contributed by atoms with Gasteiger partial charge in [-0.05, 0) is 74.5 Å². The van der Waals surface area contributed by atoms with E-state index in [1.807, 2.05) is 5.57 Å². The van der Waals surface area contributed by atoms with Crippen LogP contribution in [-0.2, 0) is 0 Å². The molecule has 1 saturated carbocycles. The lowest BCUT2D eigenvalue weighted by atomic mass is 9.56. The molecule has 0 spiro atoms. The molecule has 1 heteroatoms. The van der Waals surface area contributed by atoms with Gasteiger partial charge in [0.05, 0.1) is 0 Å². The average Bonchev–Trinajstić information content (AvgIpc) is 2.78. The molecular formula is C22H34S. The summed E-state index contributed by atoms with van der Waals surface area (Å²) in [6, 6.07) is 0. The molecule has 5 unspecified atom stereocenters. The summed E-state index contributed by atoms with van der Waals surface area (Å²) in [5.41, 5.74) is 2.62. The van der Waals surface area contributed by atoms with Gasteiger partial charge in [-0.25, -0.2) is 0 Å². The van der Waals surface area contributed by atoms with Gasteiger partial charge in [-0.3, -0.25) is 0 Å². The maximum absolute atomic E-state index is 2.80. The molecule has 4 rings (SSSR count). The second kappa shape index (κ2) is 5.41. The lowest BCUT2D eigenvalue weighted by Crippen LogP contribution is -2.40. The normalized spacial score (nSPS) is 52.7. The molecule has 0 N–H and O–H groups in total. The quantitative estimate of drug-likeness (QED) is 0.478. The van der Waals surface area contributed by atoms with E-state index < -0.39 is 0 Å². The van der Waals surface area contributed by atoms with Gasteiger partial charge in [-0.1, -0.05) is 51.0 Å². The second-order valence-corrected chi connectivity index (χ2v) is 11.4. The minimum absolute atomic E-state index is 0.380. The maximum Gasteiger partial charge on any atom is 0.0265 e. The molecule has 0 aromatic rings. The molecule has 23 heavy (non-hydrogen) atoms. The summed E-state index contributed by atoms with van der Waals surface area (Å²) in [5, 5.41) is 0.833. The Morgan fingerprint density at radius 2 is 1.87 bits per heavy atom. The van der Waals surface area contributed by atoms with Crippen LogP contribution in [0.4, 0.5) is 0 Å². The first-order chi connectivity index (χ1) is 10.9. The lowest BCUT2D eigenvalue weighted by molar-refractivity contribution is 0.132. The molecule has 1 saturated heterocycles. The van der Waals surface area contributed by atoms with E-state index in [4.69, 9.17) is 0 Å². The molecule has 0 bridgehead atoms. The molecule has 0 radical (unpaired) electrons. The Bertz CT molecular complexity index is 546. The predicted molar refractivity (Wildman–Crippen MR) is 103 cm³/mol. The molecule has 1 aliphatic heterocycles. The van der Waals surface area contributed by atoms with Crippen LogP contribution in [0.1, 0.15) is 79.1 Å². The minimum Gasteiger partial charge on any atom is -0.147 e. The lowest BCUT2D eigenvalue weighted by Gasteiger charge is -2.48. The van der Waals surface area contributed by atoms with Crippen LogP contribution in [0.15, 0.2) is 23.8 Å². The van der Waals surface area contributed by atoms with E-state index in [2.05, 4.69) is 57.7 Å². The summed E-state index contributed by atoms with van der Waals surface area (Å²) in [4.78, 5) is 0. The Labute approximate surface area is 147 Å². The van der Waals surface area contributed by atoms with Crippen molar-refractivity contribution in [1.82, 2.24) is 0 Å². The smallest absolute Gasteiger partial charge is 0.0265 e. The summed E-state index contributed by atoms with van der Waals surface area (Å²) in [6.45, 7) is 10.1. The Morgan fingerprint density at radius 1 is 1.04 bits per heavy atom. The van der Waals surface area contributed by atoms with Gasteiger partial charge in [-0.15, -0.1) is 11.8 Å². The number of fused-ring (bicyclic) bond motifs is 3. The second-order valence-electron chi connectivity index (χ2n) is 9.67. The number of hydrogen-bond donors (Lipinski definition) is 0. The topological polar surface area (TPSA) is 0 Å². The van der Waals surface area contributed by atoms with Gasteiger partial charge >= 0.3 is 0 Å². The molecule has 0 aromatic carbocycles. The standard InChI is InChI=1S/C22H34S/c1-16-8-9-18-17-15-21(3,20(2)11-6-5-7-12-20)13-10-19(17)23-22(18,4)14-16/h6,11,15-16,18-19H,5,7-10,12-14H2,1-4H3/t16?,18?,19?,20?,21-,22?/m0/s1. The fourth-order valence-corrected chi connectivity index (χ4v) is 8.24. The van der Waals surface area contributed by atoms with E-state index in [1.165, 1.54) is 51.4 Å². The minimum atomic E-state index is 0.380. The van der Waals surface area contributed by atoms with Gasteiger partial charge < -0.3 is 0 Å². The van der Waals surface area contributed by atoms with Crippen LogP contribution >= 0.6 is 11.8 Å². The highest BCUT2D eigenvalue weighted by Crippen LogP contribution is 2.64. The van der Waals surface area contributed by atoms with Crippen molar-refractivity contribution in [1.29, 1.82) is 0 Å². The van der Waals surface area contributed by atoms with E-state index in [0.29, 0.717) is 15.6 Å². The van der Waals surface area contributed by atoms with E-state index in [9.17, 15) is 0 Å². The third-order valence-corrected chi connectivity index (χ3v) is 9.68. The Morgan fingerprint density at radius 3 is 2.61 bits per heavy atom. The van der Waals surface area contributed by atoms with Crippen LogP contribution < -0.4 is 0 Å². The third kappa shape index (κ3) is 2.48. The Hall–Kier alpha value is -0.170. The average molecular weight is 331 g/mol. The van der Waals surface area contributed by atoms with Crippen molar-refractivity contribution in [2.24, 2.45) is 22.7 Å². The van der Waals surface area contributed by atoms with E-state index >= 15 is 0 Å². The van der Waals surface area contributed by atoms with Gasteiger partial charge in [0.25, 0.3) is 0 Å². The van der Waals surface area contributed by atoms with E-state index in [0.717, 1.165) is 17.1 Å². The zero-order valence-electron chi connectivity index (χ0n) is 15.5. The Kier molecular flexibility index (Phi) is 3.84.